The van der Waals surface area contributed by atoms with Gasteiger partial charge in [0.25, 0.3) is 0 Å². The smallest absolute Gasteiger partial charge is 0.0697 e. The average molecular weight is 428 g/mol. The van der Waals surface area contributed by atoms with Crippen molar-refractivity contribution in [2.24, 2.45) is 4.99 Å². The second kappa shape index (κ2) is 8.08. The van der Waals surface area contributed by atoms with Crippen LogP contribution >= 0.6 is 11.8 Å². The lowest BCUT2D eigenvalue weighted by Gasteiger charge is -2.41. The van der Waals surface area contributed by atoms with E-state index in [2.05, 4.69) is 85.7 Å². The molecule has 0 unspecified atom stereocenters. The van der Waals surface area contributed by atoms with Gasteiger partial charge < -0.3 is 9.80 Å². The largest absolute Gasteiger partial charge is 0.368 e. The van der Waals surface area contributed by atoms with Gasteiger partial charge in [0, 0.05) is 64.9 Å². The van der Waals surface area contributed by atoms with Gasteiger partial charge in [0.1, 0.15) is 0 Å². The Balaban J connectivity index is 1.53. The Labute approximate surface area is 189 Å². The standard InChI is InChI=1S/C27H29N3S/c1-18-6-5-7-22(16-18)29-12-14-30(15-13-29)27-23-17-19(2)8-11-25(23)31-21(4)26(27)24-10-9-20(3)28-24/h5-8,10-11,16-17H,4,9,12-15H2,1-3H3. The van der Waals surface area contributed by atoms with Crippen LogP contribution < -0.4 is 4.90 Å². The zero-order valence-electron chi connectivity index (χ0n) is 18.6. The van der Waals surface area contributed by atoms with E-state index in [4.69, 9.17) is 4.99 Å². The molecule has 0 aliphatic carbocycles. The Morgan fingerprint density at radius 2 is 1.65 bits per heavy atom. The zero-order chi connectivity index (χ0) is 21.5. The van der Waals surface area contributed by atoms with Crippen molar-refractivity contribution in [2.75, 3.05) is 31.1 Å². The van der Waals surface area contributed by atoms with Crippen LogP contribution in [0, 0.1) is 13.8 Å². The highest BCUT2D eigenvalue weighted by molar-refractivity contribution is 8.03. The van der Waals surface area contributed by atoms with Gasteiger partial charge in [-0.15, -0.1) is 0 Å². The van der Waals surface area contributed by atoms with Crippen molar-refractivity contribution >= 4 is 28.9 Å². The number of rotatable bonds is 3. The quantitative estimate of drug-likeness (QED) is 0.581. The summed E-state index contributed by atoms with van der Waals surface area (Å²) in [5, 5.41) is 0. The first-order chi connectivity index (χ1) is 15.0. The fraction of sp³-hybridized carbons (Fsp3) is 0.296. The van der Waals surface area contributed by atoms with E-state index in [0.29, 0.717) is 0 Å². The number of nitrogens with zero attached hydrogens (tertiary/aromatic N) is 3. The van der Waals surface area contributed by atoms with Crippen molar-refractivity contribution in [3.8, 4) is 0 Å². The molecule has 31 heavy (non-hydrogen) atoms. The van der Waals surface area contributed by atoms with Crippen molar-refractivity contribution in [1.82, 2.24) is 4.90 Å². The Hall–Kier alpha value is -2.72. The van der Waals surface area contributed by atoms with Crippen LogP contribution in [-0.4, -0.2) is 36.8 Å². The Morgan fingerprint density at radius 3 is 2.35 bits per heavy atom. The maximum absolute atomic E-state index is 4.88. The van der Waals surface area contributed by atoms with Crippen LogP contribution in [0.25, 0.3) is 5.70 Å². The van der Waals surface area contributed by atoms with Gasteiger partial charge in [-0.25, -0.2) is 0 Å². The molecule has 4 heteroatoms. The van der Waals surface area contributed by atoms with Gasteiger partial charge >= 0.3 is 0 Å². The van der Waals surface area contributed by atoms with E-state index in [1.807, 2.05) is 0 Å². The molecule has 3 aliphatic rings. The predicted molar refractivity (Wildman–Crippen MR) is 134 cm³/mol. The molecular formula is C27H29N3S. The molecule has 0 N–H and O–H groups in total. The summed E-state index contributed by atoms with van der Waals surface area (Å²) < 4.78 is 0. The highest BCUT2D eigenvalue weighted by Gasteiger charge is 2.31. The number of hydrogen-bond acceptors (Lipinski definition) is 4. The third-order valence-corrected chi connectivity index (χ3v) is 7.29. The number of allylic oxidation sites excluding steroid dienone is 2. The summed E-state index contributed by atoms with van der Waals surface area (Å²) in [6.07, 6.45) is 3.20. The van der Waals surface area contributed by atoms with Gasteiger partial charge in [0.2, 0.25) is 0 Å². The van der Waals surface area contributed by atoms with Gasteiger partial charge in [-0.05, 0) is 50.6 Å². The molecule has 2 aromatic rings. The minimum absolute atomic E-state index is 0.936. The molecule has 3 nitrogen and oxygen atoms in total. The van der Waals surface area contributed by atoms with E-state index in [-0.39, 0.29) is 0 Å². The van der Waals surface area contributed by atoms with E-state index in [0.717, 1.165) is 43.2 Å². The molecule has 1 fully saturated rings. The molecule has 2 aromatic carbocycles. The number of aryl methyl sites for hydroxylation is 2. The maximum atomic E-state index is 4.88. The molecule has 158 valence electrons. The first-order valence-corrected chi connectivity index (χ1v) is 11.8. The van der Waals surface area contributed by atoms with Gasteiger partial charge in [0.15, 0.2) is 0 Å². The zero-order valence-corrected chi connectivity index (χ0v) is 19.4. The fourth-order valence-corrected chi connectivity index (χ4v) is 5.64. The number of aliphatic imine (C=N–C) groups is 1. The van der Waals surface area contributed by atoms with Gasteiger partial charge in [0.05, 0.1) is 11.4 Å². The second-order valence-electron chi connectivity index (χ2n) is 8.70. The molecule has 0 bridgehead atoms. The summed E-state index contributed by atoms with van der Waals surface area (Å²) >= 11 is 1.78. The van der Waals surface area contributed by atoms with E-state index >= 15 is 0 Å². The van der Waals surface area contributed by atoms with Crippen LogP contribution in [0.5, 0.6) is 0 Å². The van der Waals surface area contributed by atoms with Crippen LogP contribution in [0.1, 0.15) is 30.0 Å². The summed E-state index contributed by atoms with van der Waals surface area (Å²) in [5.41, 5.74) is 10.1. The summed E-state index contributed by atoms with van der Waals surface area (Å²) in [4.78, 5) is 12.4. The van der Waals surface area contributed by atoms with Gasteiger partial charge in [-0.3, -0.25) is 4.99 Å². The number of hydrogen-bond donors (Lipinski definition) is 0. The van der Waals surface area contributed by atoms with Gasteiger partial charge in [-0.1, -0.05) is 48.2 Å². The minimum atomic E-state index is 0.936. The summed E-state index contributed by atoms with van der Waals surface area (Å²) in [6, 6.07) is 15.6. The van der Waals surface area contributed by atoms with Crippen LogP contribution in [0.4, 0.5) is 5.69 Å². The van der Waals surface area contributed by atoms with Crippen molar-refractivity contribution in [1.29, 1.82) is 0 Å². The number of piperazine rings is 1. The lowest BCUT2D eigenvalue weighted by molar-refractivity contribution is 0.365. The minimum Gasteiger partial charge on any atom is -0.368 e. The Kier molecular flexibility index (Phi) is 5.27. The lowest BCUT2D eigenvalue weighted by Crippen LogP contribution is -2.46. The molecule has 3 heterocycles. The third kappa shape index (κ3) is 3.85. The number of benzene rings is 2. The Bertz CT molecular complexity index is 1150. The first-order valence-electron chi connectivity index (χ1n) is 11.0. The van der Waals surface area contributed by atoms with E-state index < -0.39 is 0 Å². The van der Waals surface area contributed by atoms with Crippen molar-refractivity contribution in [3.63, 3.8) is 0 Å². The number of anilines is 1. The van der Waals surface area contributed by atoms with E-state index in [1.165, 1.54) is 44.3 Å². The molecule has 1 saturated heterocycles. The van der Waals surface area contributed by atoms with Crippen LogP contribution in [0.15, 0.2) is 81.2 Å². The van der Waals surface area contributed by atoms with Crippen LogP contribution in [-0.2, 0) is 0 Å². The monoisotopic (exact) mass is 427 g/mol. The molecule has 0 spiro atoms. The molecular weight excluding hydrogens is 398 g/mol. The van der Waals surface area contributed by atoms with E-state index in [9.17, 15) is 0 Å². The van der Waals surface area contributed by atoms with Crippen molar-refractivity contribution < 1.29 is 0 Å². The molecule has 0 radical (unpaired) electrons. The number of fused-ring (bicyclic) bond motifs is 1. The normalized spacial score (nSPS) is 18.9. The first kappa shape index (κ1) is 20.2. The average Bonchev–Trinajstić information content (AvgIpc) is 3.19. The van der Waals surface area contributed by atoms with Crippen molar-refractivity contribution in [3.05, 3.63) is 88.0 Å². The summed E-state index contributed by atoms with van der Waals surface area (Å²) in [6.45, 7) is 14.9. The van der Waals surface area contributed by atoms with Crippen molar-refractivity contribution in [2.45, 2.75) is 32.1 Å². The molecule has 5 rings (SSSR count). The number of thioether (sulfide) groups is 1. The van der Waals surface area contributed by atoms with Gasteiger partial charge in [-0.2, -0.15) is 0 Å². The fourth-order valence-electron chi connectivity index (χ4n) is 4.67. The molecule has 3 aliphatic heterocycles. The van der Waals surface area contributed by atoms with Crippen LogP contribution in [0.3, 0.4) is 0 Å². The summed E-state index contributed by atoms with van der Waals surface area (Å²) in [7, 11) is 0. The highest BCUT2D eigenvalue weighted by atomic mass is 32.2. The third-order valence-electron chi connectivity index (χ3n) is 6.26. The summed E-state index contributed by atoms with van der Waals surface area (Å²) in [5.74, 6) is 0. The van der Waals surface area contributed by atoms with Crippen LogP contribution in [0.2, 0.25) is 0 Å². The lowest BCUT2D eigenvalue weighted by atomic mass is 9.99. The molecule has 0 saturated carbocycles. The highest BCUT2D eigenvalue weighted by Crippen LogP contribution is 2.48. The molecule has 0 atom stereocenters. The molecule has 0 amide bonds. The molecule has 0 aromatic heterocycles. The topological polar surface area (TPSA) is 18.8 Å². The Morgan fingerprint density at radius 1 is 0.903 bits per heavy atom. The van der Waals surface area contributed by atoms with E-state index in [1.54, 1.807) is 11.8 Å². The second-order valence-corrected chi connectivity index (χ2v) is 9.84. The SMILES string of the molecule is C=C1Sc2ccc(C)cc2C(N2CCN(c3cccc(C)c3)CC2)=C1C1=CCC(C)=N1. The predicted octanol–water partition coefficient (Wildman–Crippen LogP) is 6.20. The maximum Gasteiger partial charge on any atom is 0.0697 e.